The van der Waals surface area contributed by atoms with Gasteiger partial charge in [-0.3, -0.25) is 0 Å². The number of nitrogens with zero attached hydrogens (tertiary/aromatic N) is 1. The first kappa shape index (κ1) is 23.2. The second kappa shape index (κ2) is 11.8. The van der Waals surface area contributed by atoms with E-state index in [1.807, 2.05) is 30.3 Å². The van der Waals surface area contributed by atoms with Gasteiger partial charge in [0.05, 0.1) is 0 Å². The molecule has 0 aromatic heterocycles. The molecular formula is C25H34BrN3. The van der Waals surface area contributed by atoms with Crippen LogP contribution >= 0.6 is 15.9 Å². The van der Waals surface area contributed by atoms with E-state index in [2.05, 4.69) is 85.4 Å². The molecule has 3 rings (SSSR count). The summed E-state index contributed by atoms with van der Waals surface area (Å²) in [7, 11) is 0. The van der Waals surface area contributed by atoms with Crippen LogP contribution in [-0.4, -0.2) is 5.84 Å². The number of halogens is 1. The molecule has 0 bridgehead atoms. The Hall–Kier alpha value is -2.07. The van der Waals surface area contributed by atoms with Gasteiger partial charge < -0.3 is 10.6 Å². The van der Waals surface area contributed by atoms with E-state index in [0.717, 1.165) is 32.8 Å². The van der Waals surface area contributed by atoms with E-state index in [-0.39, 0.29) is 6.17 Å². The first-order valence-electron chi connectivity index (χ1n) is 10.6. The van der Waals surface area contributed by atoms with E-state index in [1.165, 1.54) is 19.3 Å². The summed E-state index contributed by atoms with van der Waals surface area (Å²) in [6.07, 6.45) is 3.99. The number of anilines is 1. The van der Waals surface area contributed by atoms with Crippen LogP contribution in [-0.2, 0) is 0 Å². The summed E-state index contributed by atoms with van der Waals surface area (Å²) in [5.41, 5.74) is 4.42. The zero-order chi connectivity index (χ0) is 21.2. The van der Waals surface area contributed by atoms with Crippen LogP contribution in [0.4, 0.5) is 5.69 Å². The zero-order valence-corrected chi connectivity index (χ0v) is 19.9. The number of hydrogen-bond donors (Lipinski definition) is 2. The van der Waals surface area contributed by atoms with E-state index in [1.54, 1.807) is 0 Å². The molecule has 1 atom stereocenters. The molecule has 1 aliphatic heterocycles. The van der Waals surface area contributed by atoms with Gasteiger partial charge in [0.25, 0.3) is 0 Å². The van der Waals surface area contributed by atoms with Crippen LogP contribution in [0.15, 0.2) is 69.8 Å². The van der Waals surface area contributed by atoms with Gasteiger partial charge in [-0.1, -0.05) is 105 Å². The molecule has 2 N–H and O–H groups in total. The van der Waals surface area contributed by atoms with Crippen molar-refractivity contribution in [3.63, 3.8) is 0 Å². The second-order valence-corrected chi connectivity index (χ2v) is 8.44. The first-order valence-corrected chi connectivity index (χ1v) is 11.4. The largest absolute Gasteiger partial charge is 0.359 e. The van der Waals surface area contributed by atoms with Crippen molar-refractivity contribution in [1.82, 2.24) is 5.32 Å². The Balaban J connectivity index is 0.000000537. The monoisotopic (exact) mass is 455 g/mol. The number of amidine groups is 1. The molecule has 1 heterocycles. The van der Waals surface area contributed by atoms with Crippen LogP contribution in [0.3, 0.4) is 0 Å². The maximum atomic E-state index is 4.91. The van der Waals surface area contributed by atoms with Crippen molar-refractivity contribution >= 4 is 27.5 Å². The lowest BCUT2D eigenvalue weighted by molar-refractivity contribution is 0.772. The molecule has 0 radical (unpaired) electrons. The molecule has 2 aromatic carbocycles. The number of aliphatic imine (C=N–C) groups is 1. The topological polar surface area (TPSA) is 36.4 Å². The maximum absolute atomic E-state index is 4.91. The molecular weight excluding hydrogens is 422 g/mol. The van der Waals surface area contributed by atoms with Crippen LogP contribution in [0.25, 0.3) is 0 Å². The Morgan fingerprint density at radius 1 is 1.03 bits per heavy atom. The molecule has 0 aliphatic carbocycles. The number of para-hydroxylation sites is 1. The van der Waals surface area contributed by atoms with Gasteiger partial charge in [0.2, 0.25) is 0 Å². The minimum absolute atomic E-state index is 0.0887. The number of benzene rings is 2. The highest BCUT2D eigenvalue weighted by atomic mass is 79.9. The summed E-state index contributed by atoms with van der Waals surface area (Å²) in [6.45, 7) is 10.8. The molecule has 1 aliphatic rings. The molecule has 0 saturated carbocycles. The summed E-state index contributed by atoms with van der Waals surface area (Å²) in [6, 6.07) is 18.6. The highest BCUT2D eigenvalue weighted by Crippen LogP contribution is 2.30. The number of allylic oxidation sites excluding steroid dienone is 2. The van der Waals surface area contributed by atoms with Gasteiger partial charge in [-0.15, -0.1) is 0 Å². The number of hydrogen-bond acceptors (Lipinski definition) is 3. The zero-order valence-electron chi connectivity index (χ0n) is 18.3. The summed E-state index contributed by atoms with van der Waals surface area (Å²) < 4.78 is 1.16. The molecule has 0 saturated heterocycles. The minimum Gasteiger partial charge on any atom is -0.359 e. The van der Waals surface area contributed by atoms with Crippen LogP contribution in [0.1, 0.15) is 71.2 Å². The number of rotatable bonds is 5. The fourth-order valence-electron chi connectivity index (χ4n) is 3.11. The molecule has 4 heteroatoms. The Labute approximate surface area is 184 Å². The van der Waals surface area contributed by atoms with Gasteiger partial charge in [0.15, 0.2) is 0 Å². The number of nitrogens with one attached hydrogen (secondary N) is 2. The van der Waals surface area contributed by atoms with Gasteiger partial charge in [-0.2, -0.15) is 0 Å². The van der Waals surface area contributed by atoms with Gasteiger partial charge in [0.1, 0.15) is 12.0 Å². The van der Waals surface area contributed by atoms with Gasteiger partial charge >= 0.3 is 0 Å². The Morgan fingerprint density at radius 2 is 1.66 bits per heavy atom. The third-order valence-corrected chi connectivity index (χ3v) is 6.24. The molecule has 0 amide bonds. The van der Waals surface area contributed by atoms with E-state index in [4.69, 9.17) is 4.99 Å². The van der Waals surface area contributed by atoms with Crippen molar-refractivity contribution in [3.05, 3.63) is 75.9 Å². The Bertz CT molecular complexity index is 823. The Morgan fingerprint density at radius 3 is 2.24 bits per heavy atom. The van der Waals surface area contributed by atoms with Crippen LogP contribution in [0.2, 0.25) is 0 Å². The quantitative estimate of drug-likeness (QED) is 0.485. The average Bonchev–Trinajstić information content (AvgIpc) is 2.74. The van der Waals surface area contributed by atoms with Crippen LogP contribution in [0, 0.1) is 5.92 Å². The van der Waals surface area contributed by atoms with Crippen molar-refractivity contribution in [1.29, 1.82) is 0 Å². The summed E-state index contributed by atoms with van der Waals surface area (Å²) >= 11 is 3.68. The van der Waals surface area contributed by atoms with E-state index in [9.17, 15) is 0 Å². The molecule has 156 valence electrons. The first-order chi connectivity index (χ1) is 14.0. The summed E-state index contributed by atoms with van der Waals surface area (Å²) in [5.74, 6) is 1.33. The van der Waals surface area contributed by atoms with Crippen molar-refractivity contribution in [2.24, 2.45) is 10.9 Å². The van der Waals surface area contributed by atoms with Gasteiger partial charge in [-0.05, 0) is 30.5 Å². The molecule has 1 unspecified atom stereocenters. The van der Waals surface area contributed by atoms with E-state index >= 15 is 0 Å². The predicted octanol–water partition coefficient (Wildman–Crippen LogP) is 7.63. The number of fused-ring (bicyclic) bond motifs is 1. The molecule has 2 aromatic rings. The maximum Gasteiger partial charge on any atom is 0.147 e. The van der Waals surface area contributed by atoms with Gasteiger partial charge in [0, 0.05) is 21.4 Å². The fraction of sp³-hybridized carbons (Fsp3) is 0.400. The SMILES string of the molecule is C/C(NC1=NC(c2ccccc2)Nc2ccccc21)=C(/Br)C(C)C.CCCCC. The molecule has 0 fully saturated rings. The lowest BCUT2D eigenvalue weighted by Gasteiger charge is -2.27. The van der Waals surface area contributed by atoms with Crippen LogP contribution in [0.5, 0.6) is 0 Å². The molecule has 3 nitrogen and oxygen atoms in total. The Kier molecular flexibility index (Phi) is 9.46. The van der Waals surface area contributed by atoms with E-state index in [0.29, 0.717) is 5.92 Å². The highest BCUT2D eigenvalue weighted by molar-refractivity contribution is 9.11. The molecule has 29 heavy (non-hydrogen) atoms. The summed E-state index contributed by atoms with van der Waals surface area (Å²) in [4.78, 5) is 4.91. The van der Waals surface area contributed by atoms with Crippen molar-refractivity contribution in [2.45, 2.75) is 60.0 Å². The summed E-state index contributed by atoms with van der Waals surface area (Å²) in [5, 5.41) is 7.01. The predicted molar refractivity (Wildman–Crippen MR) is 131 cm³/mol. The standard InChI is InChI=1S/C20H22BrN3.C5H12/c1-13(2)18(21)14(3)22-20-16-11-7-8-12-17(16)23-19(24-20)15-9-5-4-6-10-15;1-3-5-4-2/h4-13,19,23H,1-3H3,(H,22,24);3-5H2,1-2H3/b18-14-;. The third kappa shape index (κ3) is 6.74. The minimum atomic E-state index is -0.0887. The highest BCUT2D eigenvalue weighted by Gasteiger charge is 2.21. The average molecular weight is 456 g/mol. The van der Waals surface area contributed by atoms with E-state index < -0.39 is 0 Å². The van der Waals surface area contributed by atoms with Crippen molar-refractivity contribution in [3.8, 4) is 0 Å². The fourth-order valence-corrected chi connectivity index (χ4v) is 3.21. The smallest absolute Gasteiger partial charge is 0.147 e. The van der Waals surface area contributed by atoms with Crippen LogP contribution < -0.4 is 10.6 Å². The normalized spacial score (nSPS) is 16.0. The lowest BCUT2D eigenvalue weighted by atomic mass is 10.1. The van der Waals surface area contributed by atoms with Gasteiger partial charge in [-0.25, -0.2) is 4.99 Å². The van der Waals surface area contributed by atoms with Crippen molar-refractivity contribution in [2.75, 3.05) is 5.32 Å². The second-order valence-electron chi connectivity index (χ2n) is 7.59. The molecule has 0 spiro atoms. The number of unbranched alkanes of at least 4 members (excludes halogenated alkanes) is 2. The van der Waals surface area contributed by atoms with Crippen molar-refractivity contribution < 1.29 is 0 Å². The lowest BCUT2D eigenvalue weighted by Crippen LogP contribution is -2.30. The third-order valence-electron chi connectivity index (χ3n) is 4.73.